The van der Waals surface area contributed by atoms with Crippen LogP contribution in [0.15, 0.2) is 0 Å². The molecule has 0 unspecified atom stereocenters. The number of esters is 1. The number of ether oxygens (including phenoxy) is 1. The maximum Gasteiger partial charge on any atom is 0.315 e. The second-order valence-electron chi connectivity index (χ2n) is 5.79. The third-order valence-electron chi connectivity index (χ3n) is 4.78. The number of hydrogen-bond acceptors (Lipinski definition) is 3. The first kappa shape index (κ1) is 12.3. The molecule has 0 amide bonds. The van der Waals surface area contributed by atoms with E-state index in [1.807, 2.05) is 0 Å². The summed E-state index contributed by atoms with van der Waals surface area (Å²) in [6.45, 7) is 4.84. The molecule has 2 nitrogen and oxygen atoms in total. The Hall–Kier alpha value is -0.180. The minimum atomic E-state index is -0.0912. The molecule has 3 aliphatic rings. The second kappa shape index (κ2) is 4.59. The molecule has 3 heteroatoms. The van der Waals surface area contributed by atoms with E-state index in [0.717, 1.165) is 23.5 Å². The summed E-state index contributed by atoms with van der Waals surface area (Å²) in [7, 11) is 1.46. The summed E-state index contributed by atoms with van der Waals surface area (Å²) in [6.07, 6.45) is 4.19. The van der Waals surface area contributed by atoms with Gasteiger partial charge in [0.1, 0.15) is 0 Å². The van der Waals surface area contributed by atoms with Crippen molar-refractivity contribution in [1.82, 2.24) is 0 Å². The van der Waals surface area contributed by atoms with E-state index in [2.05, 4.69) is 18.6 Å². The van der Waals surface area contributed by atoms with E-state index in [0.29, 0.717) is 11.2 Å². The number of thioether (sulfide) groups is 1. The van der Waals surface area contributed by atoms with Gasteiger partial charge in [0.25, 0.3) is 0 Å². The zero-order valence-electron chi connectivity index (χ0n) is 10.5. The van der Waals surface area contributed by atoms with Gasteiger partial charge in [-0.25, -0.2) is 0 Å². The lowest BCUT2D eigenvalue weighted by Gasteiger charge is -2.60. The average molecular weight is 242 g/mol. The van der Waals surface area contributed by atoms with Gasteiger partial charge in [-0.3, -0.25) is 4.79 Å². The van der Waals surface area contributed by atoms with Crippen LogP contribution in [0.4, 0.5) is 0 Å². The molecular formula is C13H22O2S. The van der Waals surface area contributed by atoms with Crippen LogP contribution in [0, 0.1) is 23.2 Å². The molecule has 0 aromatic rings. The first-order chi connectivity index (χ1) is 7.55. The molecule has 0 aromatic carbocycles. The Kier molecular flexibility index (Phi) is 3.53. The molecule has 3 atom stereocenters. The Labute approximate surface area is 103 Å². The van der Waals surface area contributed by atoms with Crippen LogP contribution in [-0.2, 0) is 9.53 Å². The highest BCUT2D eigenvalue weighted by Gasteiger charge is 2.53. The SMILES string of the molecule is COC(=O)CSC[C@H]1CC[C@H]2C[C@@H]1C2(C)C. The summed E-state index contributed by atoms with van der Waals surface area (Å²) in [4.78, 5) is 11.0. The first-order valence-corrected chi connectivity index (χ1v) is 7.35. The highest BCUT2D eigenvalue weighted by atomic mass is 32.2. The van der Waals surface area contributed by atoms with Crippen molar-refractivity contribution >= 4 is 17.7 Å². The average Bonchev–Trinajstić information content (AvgIpc) is 2.28. The third-order valence-corrected chi connectivity index (χ3v) is 5.88. The Morgan fingerprint density at radius 1 is 1.44 bits per heavy atom. The van der Waals surface area contributed by atoms with Gasteiger partial charge in [0.05, 0.1) is 12.9 Å². The van der Waals surface area contributed by atoms with Gasteiger partial charge >= 0.3 is 5.97 Å². The molecule has 0 saturated heterocycles. The molecule has 0 heterocycles. The maximum absolute atomic E-state index is 11.0. The predicted octanol–water partition coefficient (Wildman–Crippen LogP) is 2.96. The van der Waals surface area contributed by atoms with E-state index >= 15 is 0 Å². The van der Waals surface area contributed by atoms with Crippen LogP contribution in [0.25, 0.3) is 0 Å². The molecule has 3 fully saturated rings. The minimum absolute atomic E-state index is 0.0912. The van der Waals surface area contributed by atoms with E-state index in [-0.39, 0.29) is 5.97 Å². The lowest BCUT2D eigenvalue weighted by atomic mass is 9.46. The fraction of sp³-hybridized carbons (Fsp3) is 0.923. The molecule has 3 aliphatic carbocycles. The number of fused-ring (bicyclic) bond motifs is 2. The summed E-state index contributed by atoms with van der Waals surface area (Å²) in [6, 6.07) is 0. The smallest absolute Gasteiger partial charge is 0.315 e. The number of carbonyl (C=O) groups excluding carboxylic acids is 1. The summed E-state index contributed by atoms with van der Waals surface area (Å²) < 4.78 is 4.66. The van der Waals surface area contributed by atoms with E-state index in [4.69, 9.17) is 0 Å². The van der Waals surface area contributed by atoms with Crippen molar-refractivity contribution in [3.63, 3.8) is 0 Å². The Bertz CT molecular complexity index is 273. The van der Waals surface area contributed by atoms with E-state index in [9.17, 15) is 4.79 Å². The minimum Gasteiger partial charge on any atom is -0.468 e. The summed E-state index contributed by atoms with van der Waals surface area (Å²) in [5.74, 6) is 4.26. The van der Waals surface area contributed by atoms with Crippen molar-refractivity contribution < 1.29 is 9.53 Å². The van der Waals surface area contributed by atoms with Gasteiger partial charge in [-0.1, -0.05) is 13.8 Å². The molecule has 0 spiro atoms. The second-order valence-corrected chi connectivity index (χ2v) is 6.82. The zero-order chi connectivity index (χ0) is 11.8. The third kappa shape index (κ3) is 2.11. The van der Waals surface area contributed by atoms with E-state index in [1.165, 1.54) is 26.4 Å². The van der Waals surface area contributed by atoms with Crippen molar-refractivity contribution in [2.24, 2.45) is 23.2 Å². The van der Waals surface area contributed by atoms with Gasteiger partial charge in [0.2, 0.25) is 0 Å². The fourth-order valence-corrected chi connectivity index (χ4v) is 4.62. The van der Waals surface area contributed by atoms with Gasteiger partial charge in [-0.05, 0) is 48.2 Å². The highest BCUT2D eigenvalue weighted by Crippen LogP contribution is 2.61. The van der Waals surface area contributed by atoms with Crippen LogP contribution in [0.3, 0.4) is 0 Å². The quantitative estimate of drug-likeness (QED) is 0.709. The number of carbonyl (C=O) groups is 1. The molecule has 0 radical (unpaired) electrons. The predicted molar refractivity (Wildman–Crippen MR) is 67.4 cm³/mol. The molecular weight excluding hydrogens is 220 g/mol. The van der Waals surface area contributed by atoms with Crippen LogP contribution < -0.4 is 0 Å². The van der Waals surface area contributed by atoms with Crippen molar-refractivity contribution in [1.29, 1.82) is 0 Å². The molecule has 0 aromatic heterocycles. The number of rotatable bonds is 4. The van der Waals surface area contributed by atoms with Gasteiger partial charge in [0, 0.05) is 0 Å². The van der Waals surface area contributed by atoms with Gasteiger partial charge < -0.3 is 4.74 Å². The molecule has 92 valence electrons. The molecule has 0 aliphatic heterocycles. The van der Waals surface area contributed by atoms with E-state index < -0.39 is 0 Å². The lowest BCUT2D eigenvalue weighted by Crippen LogP contribution is -2.52. The van der Waals surface area contributed by atoms with Crippen LogP contribution in [0.5, 0.6) is 0 Å². The molecule has 16 heavy (non-hydrogen) atoms. The van der Waals surface area contributed by atoms with Gasteiger partial charge in [-0.2, -0.15) is 0 Å². The summed E-state index contributed by atoms with van der Waals surface area (Å²) in [5, 5.41) is 0. The lowest BCUT2D eigenvalue weighted by molar-refractivity contribution is -0.137. The Balaban J connectivity index is 1.76. The highest BCUT2D eigenvalue weighted by molar-refractivity contribution is 7.99. The van der Waals surface area contributed by atoms with Crippen LogP contribution in [0.1, 0.15) is 33.1 Å². The standard InChI is InChI=1S/C13H22O2S/c1-13(2)10-5-4-9(11(13)6-10)7-16-8-12(14)15-3/h9-11H,4-8H2,1-3H3/t9-,10+,11+/m1/s1. The van der Waals surface area contributed by atoms with Gasteiger partial charge in [-0.15, -0.1) is 11.8 Å². The molecule has 3 saturated carbocycles. The number of methoxy groups -OCH3 is 1. The maximum atomic E-state index is 11.0. The van der Waals surface area contributed by atoms with Crippen molar-refractivity contribution in [3.8, 4) is 0 Å². The normalized spacial score (nSPS) is 35.3. The monoisotopic (exact) mass is 242 g/mol. The summed E-state index contributed by atoms with van der Waals surface area (Å²) in [5.41, 5.74) is 0.564. The Morgan fingerprint density at radius 3 is 2.75 bits per heavy atom. The van der Waals surface area contributed by atoms with Crippen LogP contribution in [0.2, 0.25) is 0 Å². The topological polar surface area (TPSA) is 26.3 Å². The molecule has 3 rings (SSSR count). The zero-order valence-corrected chi connectivity index (χ0v) is 11.3. The largest absolute Gasteiger partial charge is 0.468 e. The van der Waals surface area contributed by atoms with Crippen molar-refractivity contribution in [3.05, 3.63) is 0 Å². The number of hydrogen-bond donors (Lipinski definition) is 0. The van der Waals surface area contributed by atoms with Crippen LogP contribution in [-0.4, -0.2) is 24.6 Å². The Morgan fingerprint density at radius 2 is 2.19 bits per heavy atom. The molecule has 2 bridgehead atoms. The first-order valence-electron chi connectivity index (χ1n) is 6.20. The van der Waals surface area contributed by atoms with Gasteiger partial charge in [0.15, 0.2) is 0 Å². The van der Waals surface area contributed by atoms with E-state index in [1.54, 1.807) is 11.8 Å². The van der Waals surface area contributed by atoms with Crippen molar-refractivity contribution in [2.45, 2.75) is 33.1 Å². The fourth-order valence-electron chi connectivity index (χ4n) is 3.51. The summed E-state index contributed by atoms with van der Waals surface area (Å²) >= 11 is 1.75. The molecule has 0 N–H and O–H groups in total. The van der Waals surface area contributed by atoms with Crippen LogP contribution >= 0.6 is 11.8 Å². The van der Waals surface area contributed by atoms with Crippen molar-refractivity contribution in [2.75, 3.05) is 18.6 Å².